The van der Waals surface area contributed by atoms with Gasteiger partial charge in [0.1, 0.15) is 17.6 Å². The highest BCUT2D eigenvalue weighted by molar-refractivity contribution is 7.99. The first-order valence-electron chi connectivity index (χ1n) is 7.95. The molecule has 0 unspecified atom stereocenters. The Balaban J connectivity index is 1.66. The van der Waals surface area contributed by atoms with E-state index in [0.29, 0.717) is 18.2 Å². The minimum absolute atomic E-state index is 0.183. The average Bonchev–Trinajstić information content (AvgIpc) is 3.09. The van der Waals surface area contributed by atoms with Crippen molar-refractivity contribution in [2.75, 3.05) is 12.9 Å². The summed E-state index contributed by atoms with van der Waals surface area (Å²) in [6.45, 7) is 2.10. The fraction of sp³-hybridized carbons (Fsp3) is 0.444. The molecule has 0 saturated heterocycles. The van der Waals surface area contributed by atoms with Crippen molar-refractivity contribution in [3.8, 4) is 5.75 Å². The van der Waals surface area contributed by atoms with E-state index in [1.54, 1.807) is 19.4 Å². The number of hydrogen-bond donors (Lipinski definition) is 2. The molecule has 23 heavy (non-hydrogen) atoms. The second-order valence-corrected chi connectivity index (χ2v) is 7.06. The predicted octanol–water partition coefficient (Wildman–Crippen LogP) is 3.93. The zero-order valence-electron chi connectivity index (χ0n) is 13.5. The fourth-order valence-corrected chi connectivity index (χ4v) is 4.12. The third-order valence-electron chi connectivity index (χ3n) is 4.19. The van der Waals surface area contributed by atoms with E-state index in [1.165, 1.54) is 10.5 Å². The lowest BCUT2D eigenvalue weighted by Gasteiger charge is -2.29. The zero-order chi connectivity index (χ0) is 16.2. The molecule has 1 aromatic heterocycles. The number of aliphatic hydroxyl groups excluding tert-OH is 1. The van der Waals surface area contributed by atoms with Crippen LogP contribution in [0.3, 0.4) is 0 Å². The average molecular weight is 333 g/mol. The van der Waals surface area contributed by atoms with Crippen LogP contribution in [0, 0.1) is 0 Å². The second-order valence-electron chi connectivity index (χ2n) is 5.93. The maximum Gasteiger partial charge on any atom is 0.132 e. The van der Waals surface area contributed by atoms with Gasteiger partial charge in [0.05, 0.1) is 13.4 Å². The Morgan fingerprint density at radius 2 is 2.30 bits per heavy atom. The normalized spacial score (nSPS) is 19.9. The topological polar surface area (TPSA) is 54.6 Å². The van der Waals surface area contributed by atoms with Crippen molar-refractivity contribution in [3.05, 3.63) is 47.9 Å². The van der Waals surface area contributed by atoms with Crippen molar-refractivity contribution in [2.24, 2.45) is 0 Å². The monoisotopic (exact) mass is 333 g/mol. The molecule has 4 nitrogen and oxygen atoms in total. The minimum Gasteiger partial charge on any atom is -0.497 e. The molecule has 0 fully saturated rings. The van der Waals surface area contributed by atoms with Crippen molar-refractivity contribution in [3.63, 3.8) is 0 Å². The van der Waals surface area contributed by atoms with Crippen LogP contribution in [0.2, 0.25) is 0 Å². The van der Waals surface area contributed by atoms with Gasteiger partial charge in [0.25, 0.3) is 0 Å². The second kappa shape index (κ2) is 7.43. The summed E-state index contributed by atoms with van der Waals surface area (Å²) in [5.74, 6) is 2.62. The van der Waals surface area contributed by atoms with Crippen molar-refractivity contribution in [2.45, 2.75) is 42.8 Å². The summed E-state index contributed by atoms with van der Waals surface area (Å²) in [4.78, 5) is 1.31. The number of hydrogen-bond acceptors (Lipinski definition) is 5. The molecule has 2 aromatic rings. The van der Waals surface area contributed by atoms with E-state index in [2.05, 4.69) is 24.4 Å². The number of ether oxygens (including phenoxy) is 1. The molecular weight excluding hydrogens is 310 g/mol. The Kier molecular flexibility index (Phi) is 5.30. The van der Waals surface area contributed by atoms with Gasteiger partial charge in [-0.1, -0.05) is 0 Å². The van der Waals surface area contributed by atoms with Crippen molar-refractivity contribution in [1.29, 1.82) is 0 Å². The van der Waals surface area contributed by atoms with Crippen LogP contribution in [0.5, 0.6) is 5.75 Å². The first-order chi connectivity index (χ1) is 11.2. The summed E-state index contributed by atoms with van der Waals surface area (Å²) >= 11 is 1.89. The molecule has 124 valence electrons. The Bertz CT molecular complexity index is 629. The number of furan rings is 1. The van der Waals surface area contributed by atoms with Crippen LogP contribution >= 0.6 is 11.8 Å². The summed E-state index contributed by atoms with van der Waals surface area (Å²) < 4.78 is 10.6. The molecular formula is C18H23NO3S. The van der Waals surface area contributed by atoms with Crippen molar-refractivity contribution in [1.82, 2.24) is 5.32 Å². The van der Waals surface area contributed by atoms with E-state index in [9.17, 15) is 5.11 Å². The Hall–Kier alpha value is -1.43. The highest BCUT2D eigenvalue weighted by atomic mass is 32.2. The molecule has 2 N–H and O–H groups in total. The number of nitrogens with one attached hydrogen (secondary N) is 1. The van der Waals surface area contributed by atoms with Crippen LogP contribution in [0.1, 0.15) is 43.2 Å². The predicted molar refractivity (Wildman–Crippen MR) is 92.0 cm³/mol. The molecule has 5 heteroatoms. The van der Waals surface area contributed by atoms with E-state index in [0.717, 1.165) is 17.9 Å². The van der Waals surface area contributed by atoms with Crippen LogP contribution in [-0.4, -0.2) is 24.0 Å². The molecule has 0 aliphatic carbocycles. The molecule has 0 amide bonds. The van der Waals surface area contributed by atoms with Gasteiger partial charge in [-0.25, -0.2) is 0 Å². The summed E-state index contributed by atoms with van der Waals surface area (Å²) in [5, 5.41) is 13.9. The standard InChI is InChI=1S/C18H23NO3S/c1-12(10-16(20)17-4-3-8-22-17)19-15-7-9-23-18-6-5-13(21-2)11-14(15)18/h3-6,8,11-12,15-16,19-20H,7,9-10H2,1-2H3/t12-,15+,16+/m0/s1. The van der Waals surface area contributed by atoms with E-state index >= 15 is 0 Å². The number of methoxy groups -OCH3 is 1. The minimum atomic E-state index is -0.574. The van der Waals surface area contributed by atoms with Crippen molar-refractivity contribution >= 4 is 11.8 Å². The van der Waals surface area contributed by atoms with Crippen LogP contribution in [-0.2, 0) is 0 Å². The lowest BCUT2D eigenvalue weighted by Crippen LogP contribution is -2.33. The maximum atomic E-state index is 10.2. The first-order valence-corrected chi connectivity index (χ1v) is 8.94. The van der Waals surface area contributed by atoms with Gasteiger partial charge < -0.3 is 19.6 Å². The van der Waals surface area contributed by atoms with Gasteiger partial charge in [0, 0.05) is 17.0 Å². The van der Waals surface area contributed by atoms with E-state index in [-0.39, 0.29) is 6.04 Å². The summed E-state index contributed by atoms with van der Waals surface area (Å²) in [7, 11) is 1.70. The Morgan fingerprint density at radius 1 is 1.43 bits per heavy atom. The van der Waals surface area contributed by atoms with Gasteiger partial charge in [-0.15, -0.1) is 11.8 Å². The molecule has 1 aliphatic rings. The zero-order valence-corrected chi connectivity index (χ0v) is 14.3. The van der Waals surface area contributed by atoms with Gasteiger partial charge in [0.15, 0.2) is 0 Å². The molecule has 0 bridgehead atoms. The van der Waals surface area contributed by atoms with Gasteiger partial charge in [0.2, 0.25) is 0 Å². The molecule has 1 aromatic carbocycles. The van der Waals surface area contributed by atoms with Crippen LogP contribution < -0.4 is 10.1 Å². The molecule has 1 aliphatic heterocycles. The van der Waals surface area contributed by atoms with E-state index in [4.69, 9.17) is 9.15 Å². The number of thioether (sulfide) groups is 1. The maximum absolute atomic E-state index is 10.2. The molecule has 3 rings (SSSR count). The first kappa shape index (κ1) is 16.4. The van der Waals surface area contributed by atoms with Crippen LogP contribution in [0.25, 0.3) is 0 Å². The highest BCUT2D eigenvalue weighted by Gasteiger charge is 2.24. The molecule has 0 radical (unpaired) electrons. The summed E-state index contributed by atoms with van der Waals surface area (Å²) in [5.41, 5.74) is 1.29. The summed E-state index contributed by atoms with van der Waals surface area (Å²) in [6.07, 6.45) is 2.72. The molecule has 0 saturated carbocycles. The number of aliphatic hydroxyl groups is 1. The SMILES string of the molecule is COc1ccc2c(c1)[C@H](N[C@@H](C)C[C@@H](O)c1ccco1)CCS2. The van der Waals surface area contributed by atoms with Crippen LogP contribution in [0.15, 0.2) is 45.9 Å². The van der Waals surface area contributed by atoms with Gasteiger partial charge in [-0.2, -0.15) is 0 Å². The Morgan fingerprint density at radius 3 is 3.04 bits per heavy atom. The number of rotatable bonds is 6. The van der Waals surface area contributed by atoms with Gasteiger partial charge in [-0.3, -0.25) is 0 Å². The molecule has 0 spiro atoms. The lowest BCUT2D eigenvalue weighted by molar-refractivity contribution is 0.126. The summed E-state index contributed by atoms with van der Waals surface area (Å²) in [6, 6.07) is 10.4. The van der Waals surface area contributed by atoms with E-state index in [1.807, 2.05) is 23.9 Å². The highest BCUT2D eigenvalue weighted by Crippen LogP contribution is 2.38. The number of benzene rings is 1. The van der Waals surface area contributed by atoms with E-state index < -0.39 is 6.10 Å². The van der Waals surface area contributed by atoms with Gasteiger partial charge >= 0.3 is 0 Å². The fourth-order valence-electron chi connectivity index (χ4n) is 3.02. The number of fused-ring (bicyclic) bond motifs is 1. The van der Waals surface area contributed by atoms with Crippen LogP contribution in [0.4, 0.5) is 0 Å². The lowest BCUT2D eigenvalue weighted by atomic mass is 10.0. The van der Waals surface area contributed by atoms with Gasteiger partial charge in [-0.05, 0) is 61.4 Å². The smallest absolute Gasteiger partial charge is 0.132 e. The third kappa shape index (κ3) is 3.91. The molecule has 3 atom stereocenters. The largest absolute Gasteiger partial charge is 0.497 e. The quantitative estimate of drug-likeness (QED) is 0.839. The van der Waals surface area contributed by atoms with Crippen molar-refractivity contribution < 1.29 is 14.3 Å². The Labute approximate surface area is 141 Å². The third-order valence-corrected chi connectivity index (χ3v) is 5.31. The molecule has 2 heterocycles.